The maximum atomic E-state index is 12.8. The Morgan fingerprint density at radius 1 is 1.33 bits per heavy atom. The van der Waals surface area contributed by atoms with Gasteiger partial charge in [0.15, 0.2) is 5.69 Å². The predicted octanol–water partition coefficient (Wildman–Crippen LogP) is 1.75. The lowest BCUT2D eigenvalue weighted by molar-refractivity contribution is 0.0691. The van der Waals surface area contributed by atoms with Gasteiger partial charge in [0.05, 0.1) is 6.54 Å². The first-order chi connectivity index (χ1) is 8.63. The summed E-state index contributed by atoms with van der Waals surface area (Å²) in [6.07, 6.45) is 0. The van der Waals surface area contributed by atoms with Crippen molar-refractivity contribution in [3.8, 4) is 11.3 Å². The van der Waals surface area contributed by atoms with Gasteiger partial charge in [-0.05, 0) is 24.3 Å². The second-order valence-electron chi connectivity index (χ2n) is 3.51. The number of alkyl halides is 1. The molecule has 0 saturated heterocycles. The van der Waals surface area contributed by atoms with E-state index in [1.54, 1.807) is 0 Å². The monoisotopic (exact) mass is 253 g/mol. The summed E-state index contributed by atoms with van der Waals surface area (Å²) in [4.78, 5) is 11.0. The molecular formula is C11H9F2N3O2. The van der Waals surface area contributed by atoms with Crippen molar-refractivity contribution >= 4 is 5.97 Å². The van der Waals surface area contributed by atoms with Crippen LogP contribution in [-0.4, -0.2) is 32.7 Å². The molecule has 0 atom stereocenters. The third-order valence-electron chi connectivity index (χ3n) is 2.35. The Morgan fingerprint density at radius 3 is 2.56 bits per heavy atom. The van der Waals surface area contributed by atoms with Crippen molar-refractivity contribution in [2.24, 2.45) is 0 Å². The number of aromatic nitrogens is 3. The second-order valence-corrected chi connectivity index (χ2v) is 3.51. The lowest BCUT2D eigenvalue weighted by Crippen LogP contribution is -2.06. The summed E-state index contributed by atoms with van der Waals surface area (Å²) in [6.45, 7) is -0.802. The molecule has 2 rings (SSSR count). The van der Waals surface area contributed by atoms with Crippen LogP contribution < -0.4 is 0 Å². The fourth-order valence-electron chi connectivity index (χ4n) is 1.59. The van der Waals surface area contributed by atoms with E-state index in [9.17, 15) is 13.6 Å². The van der Waals surface area contributed by atoms with Crippen LogP contribution in [0.3, 0.4) is 0 Å². The number of hydrogen-bond donors (Lipinski definition) is 1. The van der Waals surface area contributed by atoms with E-state index in [-0.39, 0.29) is 17.9 Å². The van der Waals surface area contributed by atoms with Crippen molar-refractivity contribution in [2.45, 2.75) is 6.54 Å². The maximum Gasteiger partial charge on any atom is 0.358 e. The molecule has 0 fully saturated rings. The molecule has 2 aromatic rings. The van der Waals surface area contributed by atoms with Crippen LogP contribution in [-0.2, 0) is 6.54 Å². The Balaban J connectivity index is 2.55. The number of rotatable bonds is 4. The molecule has 5 nitrogen and oxygen atoms in total. The SMILES string of the molecule is O=C(O)c1nnn(CCF)c1-c1ccc(F)cc1. The topological polar surface area (TPSA) is 68.0 Å². The molecule has 0 aliphatic heterocycles. The Bertz CT molecular complexity index is 566. The molecule has 0 amide bonds. The summed E-state index contributed by atoms with van der Waals surface area (Å²) in [7, 11) is 0. The first-order valence-electron chi connectivity index (χ1n) is 5.12. The Kier molecular flexibility index (Phi) is 3.31. The van der Waals surface area contributed by atoms with Crippen LogP contribution in [0.25, 0.3) is 11.3 Å². The molecule has 0 bridgehead atoms. The molecule has 1 N–H and O–H groups in total. The molecular weight excluding hydrogens is 244 g/mol. The van der Waals surface area contributed by atoms with E-state index in [0.29, 0.717) is 5.56 Å². The van der Waals surface area contributed by atoms with Crippen LogP contribution in [0.4, 0.5) is 8.78 Å². The van der Waals surface area contributed by atoms with Gasteiger partial charge in [-0.1, -0.05) is 5.21 Å². The van der Waals surface area contributed by atoms with E-state index in [1.807, 2.05) is 0 Å². The highest BCUT2D eigenvalue weighted by molar-refractivity contribution is 5.92. The van der Waals surface area contributed by atoms with Crippen LogP contribution in [0.15, 0.2) is 24.3 Å². The zero-order valence-corrected chi connectivity index (χ0v) is 9.18. The van der Waals surface area contributed by atoms with Gasteiger partial charge < -0.3 is 5.11 Å². The van der Waals surface area contributed by atoms with Gasteiger partial charge in [0, 0.05) is 5.56 Å². The Morgan fingerprint density at radius 2 is 2.00 bits per heavy atom. The molecule has 7 heteroatoms. The lowest BCUT2D eigenvalue weighted by atomic mass is 10.1. The normalized spacial score (nSPS) is 10.6. The fraction of sp³-hybridized carbons (Fsp3) is 0.182. The molecule has 0 saturated carbocycles. The second kappa shape index (κ2) is 4.91. The minimum absolute atomic E-state index is 0.104. The summed E-state index contributed by atoms with van der Waals surface area (Å²) >= 11 is 0. The number of carboxylic acids is 1. The largest absolute Gasteiger partial charge is 0.476 e. The lowest BCUT2D eigenvalue weighted by Gasteiger charge is -2.05. The molecule has 18 heavy (non-hydrogen) atoms. The summed E-state index contributed by atoms with van der Waals surface area (Å²) in [5.74, 6) is -1.71. The van der Waals surface area contributed by atoms with E-state index in [4.69, 9.17) is 5.11 Å². The fourth-order valence-corrected chi connectivity index (χ4v) is 1.59. The average Bonchev–Trinajstić information content (AvgIpc) is 2.75. The van der Waals surface area contributed by atoms with Crippen molar-refractivity contribution in [1.82, 2.24) is 15.0 Å². The van der Waals surface area contributed by atoms with Crippen molar-refractivity contribution in [3.63, 3.8) is 0 Å². The number of benzene rings is 1. The number of nitrogens with zero attached hydrogens (tertiary/aromatic N) is 3. The summed E-state index contributed by atoms with van der Waals surface area (Å²) in [5.41, 5.74) is 0.308. The highest BCUT2D eigenvalue weighted by Crippen LogP contribution is 2.22. The average molecular weight is 253 g/mol. The molecule has 0 aliphatic carbocycles. The van der Waals surface area contributed by atoms with Crippen LogP contribution >= 0.6 is 0 Å². The quantitative estimate of drug-likeness (QED) is 0.901. The van der Waals surface area contributed by atoms with Gasteiger partial charge in [0.1, 0.15) is 18.2 Å². The summed E-state index contributed by atoms with van der Waals surface area (Å²) in [5, 5.41) is 16.0. The minimum atomic E-state index is -1.26. The van der Waals surface area contributed by atoms with Crippen LogP contribution in [0.2, 0.25) is 0 Å². The molecule has 1 heterocycles. The predicted molar refractivity (Wildman–Crippen MR) is 58.4 cm³/mol. The molecule has 0 aliphatic rings. The zero-order chi connectivity index (χ0) is 13.1. The van der Waals surface area contributed by atoms with Gasteiger partial charge >= 0.3 is 5.97 Å². The van der Waals surface area contributed by atoms with Crippen LogP contribution in [0.5, 0.6) is 0 Å². The summed E-state index contributed by atoms with van der Waals surface area (Å²) < 4.78 is 26.3. The number of carbonyl (C=O) groups is 1. The molecule has 1 aromatic heterocycles. The van der Waals surface area contributed by atoms with E-state index < -0.39 is 18.5 Å². The third kappa shape index (κ3) is 2.20. The molecule has 0 unspecified atom stereocenters. The molecule has 1 aromatic carbocycles. The smallest absolute Gasteiger partial charge is 0.358 e. The van der Waals surface area contributed by atoms with Crippen molar-refractivity contribution in [3.05, 3.63) is 35.8 Å². The zero-order valence-electron chi connectivity index (χ0n) is 9.18. The summed E-state index contributed by atoms with van der Waals surface area (Å²) in [6, 6.07) is 5.17. The van der Waals surface area contributed by atoms with Gasteiger partial charge in [-0.3, -0.25) is 0 Å². The first kappa shape index (κ1) is 12.2. The van der Waals surface area contributed by atoms with Gasteiger partial charge in [-0.2, -0.15) is 0 Å². The molecule has 0 radical (unpaired) electrons. The third-order valence-corrected chi connectivity index (χ3v) is 2.35. The van der Waals surface area contributed by atoms with Crippen molar-refractivity contribution in [1.29, 1.82) is 0 Å². The van der Waals surface area contributed by atoms with E-state index in [1.165, 1.54) is 24.3 Å². The van der Waals surface area contributed by atoms with Gasteiger partial charge in [0.25, 0.3) is 0 Å². The number of aromatic carboxylic acids is 1. The molecule has 0 spiro atoms. The van der Waals surface area contributed by atoms with E-state index >= 15 is 0 Å². The first-order valence-corrected chi connectivity index (χ1v) is 5.12. The maximum absolute atomic E-state index is 12.8. The van der Waals surface area contributed by atoms with Gasteiger partial charge in [-0.25, -0.2) is 18.3 Å². The van der Waals surface area contributed by atoms with Crippen molar-refractivity contribution in [2.75, 3.05) is 6.67 Å². The Hall–Kier alpha value is -2.31. The van der Waals surface area contributed by atoms with E-state index in [2.05, 4.69) is 10.3 Å². The van der Waals surface area contributed by atoms with Gasteiger partial charge in [0.2, 0.25) is 0 Å². The Labute approximate surface area is 101 Å². The van der Waals surface area contributed by atoms with Crippen LogP contribution in [0.1, 0.15) is 10.5 Å². The van der Waals surface area contributed by atoms with Crippen molar-refractivity contribution < 1.29 is 18.7 Å². The number of halogens is 2. The number of hydrogen-bond acceptors (Lipinski definition) is 3. The molecule has 94 valence electrons. The highest BCUT2D eigenvalue weighted by Gasteiger charge is 2.20. The number of carboxylic acid groups (broad SMARTS) is 1. The van der Waals surface area contributed by atoms with E-state index in [0.717, 1.165) is 4.68 Å². The highest BCUT2D eigenvalue weighted by atomic mass is 19.1. The minimum Gasteiger partial charge on any atom is -0.476 e. The standard InChI is InChI=1S/C11H9F2N3O2/c12-5-6-16-10(9(11(17)18)14-15-16)7-1-3-8(13)4-2-7/h1-4H,5-6H2,(H,17,18). The van der Waals surface area contributed by atoms with Crippen LogP contribution in [0, 0.1) is 5.82 Å². The number of aryl methyl sites for hydroxylation is 1. The van der Waals surface area contributed by atoms with Gasteiger partial charge in [-0.15, -0.1) is 5.10 Å².